The topological polar surface area (TPSA) is 51.0 Å². The highest BCUT2D eigenvalue weighted by Crippen LogP contribution is 2.21. The standard InChI is InChI=1S/C19H19FN4O/c1-14(16-6-8-18(9-7-16)24-13-21-12-22-24)23(2)19(25)11-15-4-3-5-17(20)10-15/h3-10,12-14H,11H2,1-2H3. The molecule has 0 saturated heterocycles. The Morgan fingerprint density at radius 1 is 1.24 bits per heavy atom. The van der Waals surface area contributed by atoms with E-state index in [1.807, 2.05) is 31.2 Å². The molecule has 25 heavy (non-hydrogen) atoms. The molecule has 0 N–H and O–H groups in total. The minimum absolute atomic E-state index is 0.0570. The van der Waals surface area contributed by atoms with Crippen LogP contribution in [0.25, 0.3) is 5.69 Å². The zero-order valence-electron chi connectivity index (χ0n) is 14.1. The van der Waals surface area contributed by atoms with Gasteiger partial charge < -0.3 is 4.90 Å². The zero-order valence-corrected chi connectivity index (χ0v) is 14.1. The lowest BCUT2D eigenvalue weighted by atomic mass is 10.1. The number of amides is 1. The number of carbonyl (C=O) groups is 1. The van der Waals surface area contributed by atoms with Crippen LogP contribution in [0.2, 0.25) is 0 Å². The largest absolute Gasteiger partial charge is 0.339 e. The number of benzene rings is 2. The molecule has 0 bridgehead atoms. The van der Waals surface area contributed by atoms with Crippen molar-refractivity contribution in [2.24, 2.45) is 0 Å². The van der Waals surface area contributed by atoms with E-state index in [0.717, 1.165) is 11.3 Å². The molecule has 1 atom stereocenters. The number of hydrogen-bond donors (Lipinski definition) is 0. The summed E-state index contributed by atoms with van der Waals surface area (Å²) in [4.78, 5) is 18.1. The molecule has 0 aliphatic heterocycles. The average molecular weight is 338 g/mol. The van der Waals surface area contributed by atoms with Gasteiger partial charge in [-0.05, 0) is 42.3 Å². The van der Waals surface area contributed by atoms with E-state index < -0.39 is 0 Å². The molecule has 3 rings (SSSR count). The van der Waals surface area contributed by atoms with Gasteiger partial charge in [-0.2, -0.15) is 5.10 Å². The SMILES string of the molecule is CC(c1ccc(-n2cncn2)cc1)N(C)C(=O)Cc1cccc(F)c1. The summed E-state index contributed by atoms with van der Waals surface area (Å²) in [5.74, 6) is -0.386. The van der Waals surface area contributed by atoms with Gasteiger partial charge in [0.15, 0.2) is 0 Å². The predicted octanol–water partition coefficient (Wildman–Crippen LogP) is 3.17. The van der Waals surface area contributed by atoms with Gasteiger partial charge in [0, 0.05) is 7.05 Å². The molecule has 3 aromatic rings. The van der Waals surface area contributed by atoms with Crippen LogP contribution in [0.3, 0.4) is 0 Å². The summed E-state index contributed by atoms with van der Waals surface area (Å²) in [5, 5.41) is 4.09. The van der Waals surface area contributed by atoms with Crippen LogP contribution in [0.5, 0.6) is 0 Å². The lowest BCUT2D eigenvalue weighted by molar-refractivity contribution is -0.131. The molecule has 0 saturated carbocycles. The molecule has 0 radical (unpaired) electrons. The molecule has 128 valence electrons. The molecule has 2 aromatic carbocycles. The Hall–Kier alpha value is -3.02. The molecule has 1 aromatic heterocycles. The molecule has 1 unspecified atom stereocenters. The van der Waals surface area contributed by atoms with Crippen molar-refractivity contribution in [3.63, 3.8) is 0 Å². The number of aromatic nitrogens is 3. The van der Waals surface area contributed by atoms with Gasteiger partial charge in [0.2, 0.25) is 5.91 Å². The van der Waals surface area contributed by atoms with Crippen LogP contribution >= 0.6 is 0 Å². The number of rotatable bonds is 5. The molecular formula is C19H19FN4O. The van der Waals surface area contributed by atoms with Crippen LogP contribution in [0.1, 0.15) is 24.1 Å². The lowest BCUT2D eigenvalue weighted by Crippen LogP contribution is -2.31. The lowest BCUT2D eigenvalue weighted by Gasteiger charge is -2.25. The smallest absolute Gasteiger partial charge is 0.227 e. The van der Waals surface area contributed by atoms with Crippen LogP contribution in [0.15, 0.2) is 61.2 Å². The first-order valence-electron chi connectivity index (χ1n) is 7.99. The van der Waals surface area contributed by atoms with E-state index >= 15 is 0 Å². The maximum atomic E-state index is 13.3. The van der Waals surface area contributed by atoms with E-state index in [1.54, 1.807) is 35.1 Å². The summed E-state index contributed by atoms with van der Waals surface area (Å²) in [6.45, 7) is 1.97. The number of likely N-dealkylation sites (N-methyl/N-ethyl adjacent to an activating group) is 1. The van der Waals surface area contributed by atoms with E-state index in [9.17, 15) is 9.18 Å². The first-order valence-corrected chi connectivity index (χ1v) is 7.99. The number of nitrogens with zero attached hydrogens (tertiary/aromatic N) is 4. The van der Waals surface area contributed by atoms with Crippen LogP contribution in [0.4, 0.5) is 4.39 Å². The fraction of sp³-hybridized carbons (Fsp3) is 0.211. The average Bonchev–Trinajstić information content (AvgIpc) is 3.15. The summed E-state index contributed by atoms with van der Waals surface area (Å²) in [6.07, 6.45) is 3.29. The molecule has 0 aliphatic rings. The summed E-state index contributed by atoms with van der Waals surface area (Å²) in [6, 6.07) is 13.8. The highest BCUT2D eigenvalue weighted by Gasteiger charge is 2.18. The van der Waals surface area contributed by atoms with Gasteiger partial charge >= 0.3 is 0 Å². The van der Waals surface area contributed by atoms with Crippen molar-refractivity contribution >= 4 is 5.91 Å². The zero-order chi connectivity index (χ0) is 17.8. The minimum atomic E-state index is -0.329. The Kier molecular flexibility index (Phi) is 4.88. The molecule has 5 nitrogen and oxygen atoms in total. The van der Waals surface area contributed by atoms with Crippen molar-refractivity contribution in [2.75, 3.05) is 7.05 Å². The monoisotopic (exact) mass is 338 g/mol. The Labute approximate surface area is 145 Å². The molecule has 0 spiro atoms. The Balaban J connectivity index is 1.69. The van der Waals surface area contributed by atoms with E-state index in [-0.39, 0.29) is 24.2 Å². The van der Waals surface area contributed by atoms with Gasteiger partial charge in [-0.1, -0.05) is 24.3 Å². The third kappa shape index (κ3) is 3.91. The van der Waals surface area contributed by atoms with Gasteiger partial charge in [-0.15, -0.1) is 0 Å². The van der Waals surface area contributed by atoms with Gasteiger partial charge in [-0.25, -0.2) is 14.1 Å². The number of carbonyl (C=O) groups excluding carboxylic acids is 1. The summed E-state index contributed by atoms with van der Waals surface area (Å²) in [5.41, 5.74) is 2.59. The maximum Gasteiger partial charge on any atom is 0.227 e. The highest BCUT2D eigenvalue weighted by atomic mass is 19.1. The van der Waals surface area contributed by atoms with Crippen molar-refractivity contribution in [1.82, 2.24) is 19.7 Å². The predicted molar refractivity (Wildman–Crippen MR) is 92.6 cm³/mol. The Bertz CT molecular complexity index is 846. The number of hydrogen-bond acceptors (Lipinski definition) is 3. The van der Waals surface area contributed by atoms with Crippen molar-refractivity contribution < 1.29 is 9.18 Å². The van der Waals surface area contributed by atoms with E-state index in [4.69, 9.17) is 0 Å². The maximum absolute atomic E-state index is 13.3. The van der Waals surface area contributed by atoms with Gasteiger partial charge in [0.25, 0.3) is 0 Å². The van der Waals surface area contributed by atoms with E-state index in [1.165, 1.54) is 18.5 Å². The van der Waals surface area contributed by atoms with E-state index in [2.05, 4.69) is 10.1 Å². The van der Waals surface area contributed by atoms with Crippen LogP contribution in [-0.4, -0.2) is 32.6 Å². The molecule has 0 aliphatic carbocycles. The molecule has 1 amide bonds. The first kappa shape index (κ1) is 16.8. The van der Waals surface area contributed by atoms with Crippen molar-refractivity contribution in [3.05, 3.63) is 78.1 Å². The van der Waals surface area contributed by atoms with Gasteiger partial charge in [0.1, 0.15) is 18.5 Å². The summed E-state index contributed by atoms with van der Waals surface area (Å²) in [7, 11) is 1.76. The van der Waals surface area contributed by atoms with Crippen molar-refractivity contribution in [3.8, 4) is 5.69 Å². The molecular weight excluding hydrogens is 319 g/mol. The normalized spacial score (nSPS) is 12.0. The quantitative estimate of drug-likeness (QED) is 0.718. The van der Waals surface area contributed by atoms with Crippen LogP contribution in [0, 0.1) is 5.82 Å². The van der Waals surface area contributed by atoms with Crippen LogP contribution < -0.4 is 0 Å². The van der Waals surface area contributed by atoms with Crippen molar-refractivity contribution in [1.29, 1.82) is 0 Å². The fourth-order valence-corrected chi connectivity index (χ4v) is 2.63. The summed E-state index contributed by atoms with van der Waals surface area (Å²) < 4.78 is 14.9. The summed E-state index contributed by atoms with van der Waals surface area (Å²) >= 11 is 0. The minimum Gasteiger partial charge on any atom is -0.339 e. The second-order valence-electron chi connectivity index (χ2n) is 5.92. The van der Waals surface area contributed by atoms with Crippen LogP contribution in [-0.2, 0) is 11.2 Å². The molecule has 1 heterocycles. The van der Waals surface area contributed by atoms with Gasteiger partial charge in [0.05, 0.1) is 18.2 Å². The third-order valence-corrected chi connectivity index (χ3v) is 4.28. The highest BCUT2D eigenvalue weighted by molar-refractivity contribution is 5.79. The van der Waals surface area contributed by atoms with Crippen molar-refractivity contribution in [2.45, 2.75) is 19.4 Å². The number of halogens is 1. The Morgan fingerprint density at radius 2 is 2.00 bits per heavy atom. The van der Waals surface area contributed by atoms with Gasteiger partial charge in [-0.3, -0.25) is 4.79 Å². The first-order chi connectivity index (χ1) is 12.0. The fourth-order valence-electron chi connectivity index (χ4n) is 2.63. The van der Waals surface area contributed by atoms with E-state index in [0.29, 0.717) is 5.56 Å². The second kappa shape index (κ2) is 7.25. The third-order valence-electron chi connectivity index (χ3n) is 4.28. The Morgan fingerprint density at radius 3 is 2.64 bits per heavy atom. The second-order valence-corrected chi connectivity index (χ2v) is 5.92. The molecule has 6 heteroatoms. The molecule has 0 fully saturated rings.